The van der Waals surface area contributed by atoms with Gasteiger partial charge in [0.2, 0.25) is 5.56 Å². The molecule has 5 heteroatoms. The first kappa shape index (κ1) is 18.4. The van der Waals surface area contributed by atoms with Crippen molar-refractivity contribution in [3.63, 3.8) is 0 Å². The number of benzene rings is 1. The Labute approximate surface area is 154 Å². The molecular weight excluding hydrogens is 326 g/mol. The molecule has 1 aliphatic heterocycles. The lowest BCUT2D eigenvalue weighted by Gasteiger charge is -2.34. The van der Waals surface area contributed by atoms with Crippen molar-refractivity contribution in [1.29, 1.82) is 0 Å². The van der Waals surface area contributed by atoms with E-state index in [2.05, 4.69) is 29.1 Å². The molecule has 2 heterocycles. The minimum Gasteiger partial charge on any atom is -0.337 e. The smallest absolute Gasteiger partial charge is 0.270 e. The average molecular weight is 353 g/mol. The topological polar surface area (TPSA) is 56.4 Å². The monoisotopic (exact) mass is 353 g/mol. The van der Waals surface area contributed by atoms with E-state index in [1.165, 1.54) is 18.1 Å². The number of carbonyl (C=O) groups is 1. The summed E-state index contributed by atoms with van der Waals surface area (Å²) in [7, 11) is 2.14. The Hall–Kier alpha value is -2.40. The first-order valence-electron chi connectivity index (χ1n) is 9.33. The molecule has 0 spiro atoms. The number of aromatic nitrogens is 1. The molecule has 5 nitrogen and oxygen atoms in total. The number of rotatable bonds is 6. The minimum absolute atomic E-state index is 0.0909. The Bertz CT molecular complexity index is 772. The van der Waals surface area contributed by atoms with Crippen LogP contribution in [0.1, 0.15) is 28.9 Å². The van der Waals surface area contributed by atoms with Gasteiger partial charge in [-0.15, -0.1) is 0 Å². The van der Waals surface area contributed by atoms with Crippen LogP contribution in [0.3, 0.4) is 0 Å². The number of piperidine rings is 1. The number of carbonyl (C=O) groups excluding carboxylic acids is 1. The quantitative estimate of drug-likeness (QED) is 0.868. The number of hydrogen-bond donors (Lipinski definition) is 1. The van der Waals surface area contributed by atoms with Crippen molar-refractivity contribution in [2.75, 3.05) is 33.2 Å². The lowest BCUT2D eigenvalue weighted by molar-refractivity contribution is 0.0687. The maximum Gasteiger partial charge on any atom is 0.270 e. The lowest BCUT2D eigenvalue weighted by Crippen LogP contribution is -2.43. The molecule has 2 aromatic rings. The van der Waals surface area contributed by atoms with Gasteiger partial charge in [0, 0.05) is 25.7 Å². The van der Waals surface area contributed by atoms with E-state index >= 15 is 0 Å². The van der Waals surface area contributed by atoms with Crippen LogP contribution in [0.2, 0.25) is 0 Å². The Morgan fingerprint density at radius 3 is 2.73 bits per heavy atom. The largest absolute Gasteiger partial charge is 0.337 e. The zero-order chi connectivity index (χ0) is 18.4. The maximum absolute atomic E-state index is 13.0. The van der Waals surface area contributed by atoms with E-state index in [1.807, 2.05) is 23.1 Å². The average Bonchev–Trinajstić information content (AvgIpc) is 2.65. The summed E-state index contributed by atoms with van der Waals surface area (Å²) in [5.74, 6) is 0.385. The van der Waals surface area contributed by atoms with Crippen LogP contribution in [0.25, 0.3) is 0 Å². The Balaban J connectivity index is 1.73. The van der Waals surface area contributed by atoms with Crippen molar-refractivity contribution in [2.45, 2.75) is 19.3 Å². The van der Waals surface area contributed by atoms with Crippen LogP contribution in [0, 0.1) is 5.92 Å². The second-order valence-corrected chi connectivity index (χ2v) is 7.19. The second-order valence-electron chi connectivity index (χ2n) is 7.19. The molecule has 1 aromatic carbocycles. The van der Waals surface area contributed by atoms with Crippen LogP contribution in [0.4, 0.5) is 0 Å². The van der Waals surface area contributed by atoms with Gasteiger partial charge in [-0.3, -0.25) is 9.59 Å². The highest BCUT2D eigenvalue weighted by Gasteiger charge is 2.24. The summed E-state index contributed by atoms with van der Waals surface area (Å²) in [5.41, 5.74) is 1.35. The van der Waals surface area contributed by atoms with E-state index in [-0.39, 0.29) is 11.5 Å². The van der Waals surface area contributed by atoms with Crippen LogP contribution in [-0.2, 0) is 6.42 Å². The van der Waals surface area contributed by atoms with Crippen LogP contribution in [0.5, 0.6) is 0 Å². The van der Waals surface area contributed by atoms with Crippen LogP contribution < -0.4 is 5.56 Å². The molecule has 0 bridgehead atoms. The molecule has 0 aliphatic carbocycles. The number of nitrogens with zero attached hydrogens (tertiary/aromatic N) is 2. The molecule has 1 N–H and O–H groups in total. The van der Waals surface area contributed by atoms with Crippen LogP contribution in [0.15, 0.2) is 53.3 Å². The summed E-state index contributed by atoms with van der Waals surface area (Å²) in [4.78, 5) is 31.5. The fourth-order valence-corrected chi connectivity index (χ4v) is 3.66. The van der Waals surface area contributed by atoms with Crippen molar-refractivity contribution in [2.24, 2.45) is 5.92 Å². The number of aromatic amines is 1. The van der Waals surface area contributed by atoms with Crippen molar-refractivity contribution in [3.05, 3.63) is 70.1 Å². The number of amides is 1. The van der Waals surface area contributed by atoms with E-state index in [4.69, 9.17) is 0 Å². The zero-order valence-electron chi connectivity index (χ0n) is 15.4. The van der Waals surface area contributed by atoms with Gasteiger partial charge in [-0.05, 0) is 50.4 Å². The highest BCUT2D eigenvalue weighted by Crippen LogP contribution is 2.18. The third-order valence-corrected chi connectivity index (χ3v) is 5.00. The fourth-order valence-electron chi connectivity index (χ4n) is 3.66. The van der Waals surface area contributed by atoms with Crippen molar-refractivity contribution in [1.82, 2.24) is 14.8 Å². The molecule has 138 valence electrons. The highest BCUT2D eigenvalue weighted by molar-refractivity contribution is 5.92. The van der Waals surface area contributed by atoms with Crippen LogP contribution in [-0.4, -0.2) is 53.9 Å². The molecule has 1 aliphatic rings. The van der Waals surface area contributed by atoms with Gasteiger partial charge < -0.3 is 14.8 Å². The van der Waals surface area contributed by atoms with E-state index in [9.17, 15) is 9.59 Å². The first-order chi connectivity index (χ1) is 12.6. The molecular formula is C21H27N3O2. The number of nitrogens with one attached hydrogen (secondary N) is 1. The molecule has 1 aromatic heterocycles. The molecule has 1 amide bonds. The predicted molar refractivity (Wildman–Crippen MR) is 103 cm³/mol. The summed E-state index contributed by atoms with van der Waals surface area (Å²) in [6.45, 7) is 3.52. The van der Waals surface area contributed by atoms with Gasteiger partial charge in [-0.25, -0.2) is 0 Å². The number of likely N-dealkylation sites (tertiary alicyclic amines) is 1. The normalized spacial score (nSPS) is 17.8. The molecule has 3 rings (SSSR count). The predicted octanol–water partition coefficient (Wildman–Crippen LogP) is 2.40. The highest BCUT2D eigenvalue weighted by atomic mass is 16.2. The lowest BCUT2D eigenvalue weighted by atomic mass is 9.97. The van der Waals surface area contributed by atoms with E-state index in [0.717, 1.165) is 32.5 Å². The van der Waals surface area contributed by atoms with E-state index in [0.29, 0.717) is 18.2 Å². The third-order valence-electron chi connectivity index (χ3n) is 5.00. The molecule has 1 atom stereocenters. The molecule has 0 radical (unpaired) electrons. The number of pyridine rings is 1. The number of H-pyrrole nitrogens is 1. The van der Waals surface area contributed by atoms with E-state index < -0.39 is 0 Å². The molecule has 1 saturated heterocycles. The number of hydrogen-bond acceptors (Lipinski definition) is 3. The van der Waals surface area contributed by atoms with Gasteiger partial charge in [0.25, 0.3) is 5.91 Å². The van der Waals surface area contributed by atoms with Gasteiger partial charge in [0.1, 0.15) is 5.69 Å². The SMILES string of the molecule is CN1CCCC(CN(CCc2ccccc2)C(=O)c2cccc(=O)[nH]2)C1. The van der Waals surface area contributed by atoms with Gasteiger partial charge in [0.15, 0.2) is 0 Å². The van der Waals surface area contributed by atoms with Crippen LogP contribution >= 0.6 is 0 Å². The van der Waals surface area contributed by atoms with Crippen molar-refractivity contribution in [3.8, 4) is 0 Å². The standard InChI is InChI=1S/C21H27N3O2/c1-23-13-6-9-18(15-23)16-24(14-12-17-7-3-2-4-8-17)21(26)19-10-5-11-20(25)22-19/h2-5,7-8,10-11,18H,6,9,12-16H2,1H3,(H,22,25). The molecule has 1 unspecified atom stereocenters. The zero-order valence-corrected chi connectivity index (χ0v) is 15.4. The fraction of sp³-hybridized carbons (Fsp3) is 0.429. The summed E-state index contributed by atoms with van der Waals surface area (Å²) in [6.07, 6.45) is 3.13. The second kappa shape index (κ2) is 8.81. The van der Waals surface area contributed by atoms with Gasteiger partial charge >= 0.3 is 0 Å². The Morgan fingerprint density at radius 2 is 2.00 bits per heavy atom. The molecule has 1 fully saturated rings. The van der Waals surface area contributed by atoms with E-state index in [1.54, 1.807) is 12.1 Å². The third kappa shape index (κ3) is 5.05. The Morgan fingerprint density at radius 1 is 1.19 bits per heavy atom. The summed E-state index contributed by atoms with van der Waals surface area (Å²) in [6, 6.07) is 15.0. The van der Waals surface area contributed by atoms with Gasteiger partial charge in [-0.2, -0.15) is 0 Å². The van der Waals surface area contributed by atoms with Gasteiger partial charge in [0.05, 0.1) is 0 Å². The van der Waals surface area contributed by atoms with Crippen molar-refractivity contribution < 1.29 is 4.79 Å². The maximum atomic E-state index is 13.0. The van der Waals surface area contributed by atoms with Gasteiger partial charge in [-0.1, -0.05) is 36.4 Å². The minimum atomic E-state index is -0.240. The summed E-state index contributed by atoms with van der Waals surface area (Å²) < 4.78 is 0. The summed E-state index contributed by atoms with van der Waals surface area (Å²) >= 11 is 0. The first-order valence-corrected chi connectivity index (χ1v) is 9.33. The molecule has 0 saturated carbocycles. The molecule has 26 heavy (non-hydrogen) atoms. The summed E-state index contributed by atoms with van der Waals surface area (Å²) in [5, 5.41) is 0. The Kier molecular flexibility index (Phi) is 6.23. The van der Waals surface area contributed by atoms with Crippen molar-refractivity contribution >= 4 is 5.91 Å².